The number of anilines is 1. The number of carbonyl (C=O) groups excluding carboxylic acids is 3. The van der Waals surface area contributed by atoms with Crippen LogP contribution in [-0.4, -0.2) is 35.7 Å². The first-order valence-electron chi connectivity index (χ1n) is 8.94. The van der Waals surface area contributed by atoms with Crippen molar-refractivity contribution in [2.75, 3.05) is 18.0 Å². The molecule has 0 fully saturated rings. The number of fused-ring (bicyclic) bond motifs is 1. The van der Waals surface area contributed by atoms with Gasteiger partial charge in [0.25, 0.3) is 11.8 Å². The number of imide groups is 1. The van der Waals surface area contributed by atoms with Crippen molar-refractivity contribution < 1.29 is 14.4 Å². The maximum atomic E-state index is 12.8. The lowest BCUT2D eigenvalue weighted by Crippen LogP contribution is -2.37. The van der Waals surface area contributed by atoms with Gasteiger partial charge in [-0.2, -0.15) is 0 Å². The maximum absolute atomic E-state index is 12.8. The molecule has 3 rings (SSSR count). The molecule has 2 aromatic rings. The number of hydrogen-bond donors (Lipinski definition) is 0. The minimum Gasteiger partial charge on any atom is -0.312 e. The zero-order valence-corrected chi connectivity index (χ0v) is 14.9. The predicted molar refractivity (Wildman–Crippen MR) is 100 cm³/mol. The molecule has 3 amide bonds. The van der Waals surface area contributed by atoms with E-state index in [4.69, 9.17) is 0 Å². The summed E-state index contributed by atoms with van der Waals surface area (Å²) in [6.07, 6.45) is 1.99. The molecule has 1 aliphatic rings. The Labute approximate surface area is 153 Å². The van der Waals surface area contributed by atoms with E-state index in [0.717, 1.165) is 18.5 Å². The number of amides is 3. The van der Waals surface area contributed by atoms with Crippen LogP contribution in [0.1, 0.15) is 46.9 Å². The first kappa shape index (κ1) is 17.9. The molecule has 0 saturated carbocycles. The average molecular weight is 350 g/mol. The van der Waals surface area contributed by atoms with Crippen LogP contribution in [0.15, 0.2) is 54.6 Å². The van der Waals surface area contributed by atoms with Crippen molar-refractivity contribution >= 4 is 23.4 Å². The lowest BCUT2D eigenvalue weighted by molar-refractivity contribution is -0.118. The molecule has 0 unspecified atom stereocenters. The summed E-state index contributed by atoms with van der Waals surface area (Å²) >= 11 is 0. The fourth-order valence-electron chi connectivity index (χ4n) is 3.11. The second-order valence-electron chi connectivity index (χ2n) is 6.29. The summed E-state index contributed by atoms with van der Waals surface area (Å²) in [5.74, 6) is -0.724. The van der Waals surface area contributed by atoms with Gasteiger partial charge in [-0.1, -0.05) is 43.7 Å². The average Bonchev–Trinajstić information content (AvgIpc) is 2.92. The second-order valence-corrected chi connectivity index (χ2v) is 6.29. The van der Waals surface area contributed by atoms with Gasteiger partial charge < -0.3 is 4.90 Å². The van der Waals surface area contributed by atoms with E-state index in [1.165, 1.54) is 4.90 Å². The first-order valence-corrected chi connectivity index (χ1v) is 8.94. The van der Waals surface area contributed by atoms with Gasteiger partial charge in [-0.15, -0.1) is 0 Å². The Balaban J connectivity index is 1.69. The minimum atomic E-state index is -0.321. The van der Waals surface area contributed by atoms with Crippen LogP contribution in [-0.2, 0) is 4.79 Å². The predicted octanol–water partition coefficient (Wildman–Crippen LogP) is 3.51. The molecule has 2 aromatic carbocycles. The highest BCUT2D eigenvalue weighted by Gasteiger charge is 2.35. The summed E-state index contributed by atoms with van der Waals surface area (Å²) < 4.78 is 0. The Bertz CT molecular complexity index is 782. The molecule has 26 heavy (non-hydrogen) atoms. The van der Waals surface area contributed by atoms with Crippen LogP contribution < -0.4 is 4.90 Å². The molecule has 1 aliphatic heterocycles. The Morgan fingerprint density at radius 3 is 2.08 bits per heavy atom. The van der Waals surface area contributed by atoms with Gasteiger partial charge in [0, 0.05) is 25.2 Å². The lowest BCUT2D eigenvalue weighted by Gasteiger charge is -2.24. The summed E-state index contributed by atoms with van der Waals surface area (Å²) in [4.78, 5) is 40.5. The molecule has 0 aromatic heterocycles. The minimum absolute atomic E-state index is 0.0822. The fraction of sp³-hybridized carbons (Fsp3) is 0.286. The zero-order valence-electron chi connectivity index (χ0n) is 14.9. The second kappa shape index (κ2) is 7.95. The third-order valence-corrected chi connectivity index (χ3v) is 4.53. The molecular formula is C21H22N2O3. The van der Waals surface area contributed by atoms with Crippen molar-refractivity contribution in [3.8, 4) is 0 Å². The van der Waals surface area contributed by atoms with Crippen LogP contribution >= 0.6 is 0 Å². The van der Waals surface area contributed by atoms with Gasteiger partial charge in [0.05, 0.1) is 11.1 Å². The van der Waals surface area contributed by atoms with Crippen LogP contribution in [0.3, 0.4) is 0 Å². The smallest absolute Gasteiger partial charge is 0.261 e. The van der Waals surface area contributed by atoms with Crippen molar-refractivity contribution in [1.82, 2.24) is 4.90 Å². The summed E-state index contributed by atoms with van der Waals surface area (Å²) in [5.41, 5.74) is 1.67. The van der Waals surface area contributed by atoms with E-state index in [-0.39, 0.29) is 30.7 Å². The summed E-state index contributed by atoms with van der Waals surface area (Å²) in [7, 11) is 0. The molecule has 0 aliphatic carbocycles. The number of rotatable bonds is 7. The Morgan fingerprint density at radius 1 is 0.923 bits per heavy atom. The van der Waals surface area contributed by atoms with Crippen LogP contribution in [0.25, 0.3) is 0 Å². The molecule has 0 bridgehead atoms. The van der Waals surface area contributed by atoms with Crippen molar-refractivity contribution in [2.24, 2.45) is 0 Å². The highest BCUT2D eigenvalue weighted by atomic mass is 16.2. The highest BCUT2D eigenvalue weighted by molar-refractivity contribution is 6.21. The van der Waals surface area contributed by atoms with E-state index < -0.39 is 0 Å². The SMILES string of the molecule is CCCCN(C(=O)CCN1C(=O)c2ccccc2C1=O)c1ccccc1. The summed E-state index contributed by atoms with van der Waals surface area (Å²) in [5, 5.41) is 0. The highest BCUT2D eigenvalue weighted by Crippen LogP contribution is 2.23. The number of unbranched alkanes of at least 4 members (excludes halogenated alkanes) is 1. The summed E-state index contributed by atoms with van der Waals surface area (Å²) in [6, 6.07) is 16.3. The van der Waals surface area contributed by atoms with E-state index in [9.17, 15) is 14.4 Å². The Hall–Kier alpha value is -2.95. The molecule has 5 nitrogen and oxygen atoms in total. The van der Waals surface area contributed by atoms with Crippen LogP contribution in [0.2, 0.25) is 0 Å². The van der Waals surface area contributed by atoms with E-state index in [1.54, 1.807) is 29.2 Å². The van der Waals surface area contributed by atoms with Crippen LogP contribution in [0, 0.1) is 0 Å². The molecule has 1 heterocycles. The number of nitrogens with zero attached hydrogens (tertiary/aromatic N) is 2. The van der Waals surface area contributed by atoms with Crippen molar-refractivity contribution in [3.05, 3.63) is 65.7 Å². The molecule has 0 atom stereocenters. The third kappa shape index (κ3) is 3.52. The standard InChI is InChI=1S/C21H22N2O3/c1-2-3-14-22(16-9-5-4-6-10-16)19(24)13-15-23-20(25)17-11-7-8-12-18(17)21(23)26/h4-12H,2-3,13-15H2,1H3. The molecule has 134 valence electrons. The monoisotopic (exact) mass is 350 g/mol. The maximum Gasteiger partial charge on any atom is 0.261 e. The van der Waals surface area contributed by atoms with Gasteiger partial charge in [0.2, 0.25) is 5.91 Å². The van der Waals surface area contributed by atoms with Gasteiger partial charge in [-0.05, 0) is 30.7 Å². The van der Waals surface area contributed by atoms with Crippen molar-refractivity contribution in [3.63, 3.8) is 0 Å². The zero-order chi connectivity index (χ0) is 18.5. The van der Waals surface area contributed by atoms with Gasteiger partial charge in [0.15, 0.2) is 0 Å². The molecule has 0 N–H and O–H groups in total. The molecular weight excluding hydrogens is 328 g/mol. The third-order valence-electron chi connectivity index (χ3n) is 4.53. The van der Waals surface area contributed by atoms with Gasteiger partial charge >= 0.3 is 0 Å². The van der Waals surface area contributed by atoms with Crippen molar-refractivity contribution in [2.45, 2.75) is 26.2 Å². The Morgan fingerprint density at radius 2 is 1.50 bits per heavy atom. The Kier molecular flexibility index (Phi) is 5.46. The number of benzene rings is 2. The van der Waals surface area contributed by atoms with E-state index >= 15 is 0 Å². The lowest BCUT2D eigenvalue weighted by atomic mass is 10.1. The van der Waals surface area contributed by atoms with E-state index in [0.29, 0.717) is 17.7 Å². The molecule has 5 heteroatoms. The molecule has 0 spiro atoms. The van der Waals surface area contributed by atoms with Crippen LogP contribution in [0.4, 0.5) is 5.69 Å². The van der Waals surface area contributed by atoms with Gasteiger partial charge in [0.1, 0.15) is 0 Å². The van der Waals surface area contributed by atoms with Crippen molar-refractivity contribution in [1.29, 1.82) is 0 Å². The molecule has 0 radical (unpaired) electrons. The number of hydrogen-bond acceptors (Lipinski definition) is 3. The number of carbonyl (C=O) groups is 3. The van der Waals surface area contributed by atoms with E-state index in [1.807, 2.05) is 30.3 Å². The fourth-order valence-corrected chi connectivity index (χ4v) is 3.11. The number of para-hydroxylation sites is 1. The first-order chi connectivity index (χ1) is 12.6. The van der Waals surface area contributed by atoms with Crippen LogP contribution in [0.5, 0.6) is 0 Å². The molecule has 0 saturated heterocycles. The largest absolute Gasteiger partial charge is 0.312 e. The van der Waals surface area contributed by atoms with Gasteiger partial charge in [-0.25, -0.2) is 0 Å². The topological polar surface area (TPSA) is 57.7 Å². The normalized spacial score (nSPS) is 13.0. The quantitative estimate of drug-likeness (QED) is 0.718. The van der Waals surface area contributed by atoms with E-state index in [2.05, 4.69) is 6.92 Å². The summed E-state index contributed by atoms with van der Waals surface area (Å²) in [6.45, 7) is 2.80. The van der Waals surface area contributed by atoms with Gasteiger partial charge in [-0.3, -0.25) is 19.3 Å².